The number of rotatable bonds is 4. The van der Waals surface area contributed by atoms with Gasteiger partial charge in [-0.25, -0.2) is 4.98 Å². The van der Waals surface area contributed by atoms with E-state index in [0.29, 0.717) is 12.5 Å². The highest BCUT2D eigenvalue weighted by molar-refractivity contribution is 5.35. The number of piperidine rings is 1. The molecule has 27 heavy (non-hydrogen) atoms. The Hall–Kier alpha value is -2.34. The number of benzene rings is 1. The maximum Gasteiger partial charge on any atom is 0.255 e. The summed E-state index contributed by atoms with van der Waals surface area (Å²) < 4.78 is 5.33. The summed E-state index contributed by atoms with van der Waals surface area (Å²) >= 11 is 0. The van der Waals surface area contributed by atoms with Crippen LogP contribution in [0.5, 0.6) is 5.75 Å². The number of methoxy groups -OCH3 is 1. The normalized spacial score (nSPS) is 20.4. The molecule has 0 amide bonds. The zero-order valence-electron chi connectivity index (χ0n) is 16.2. The van der Waals surface area contributed by atoms with E-state index in [1.165, 1.54) is 12.0 Å². The molecule has 2 aromatic rings. The molecule has 1 aromatic heterocycles. The Labute approximate surface area is 160 Å². The molecular formula is C21H28N4O2. The van der Waals surface area contributed by atoms with Gasteiger partial charge in [0.15, 0.2) is 0 Å². The SMILES string of the molecule is COc1cccc(CN2CCc3c(nc(N4CCC[C@H](C)C4)[nH]c3=O)C2)c1. The Balaban J connectivity index is 1.53. The first-order valence-corrected chi connectivity index (χ1v) is 9.84. The summed E-state index contributed by atoms with van der Waals surface area (Å²) in [5, 5.41) is 0. The predicted molar refractivity (Wildman–Crippen MR) is 106 cm³/mol. The molecule has 0 aliphatic carbocycles. The fraction of sp³-hybridized carbons (Fsp3) is 0.524. The summed E-state index contributed by atoms with van der Waals surface area (Å²) in [4.78, 5) is 25.1. The smallest absolute Gasteiger partial charge is 0.255 e. The van der Waals surface area contributed by atoms with Crippen molar-refractivity contribution < 1.29 is 4.74 Å². The van der Waals surface area contributed by atoms with Crippen LogP contribution in [0.15, 0.2) is 29.1 Å². The fourth-order valence-corrected chi connectivity index (χ4v) is 4.18. The van der Waals surface area contributed by atoms with Crippen molar-refractivity contribution in [3.05, 3.63) is 51.4 Å². The van der Waals surface area contributed by atoms with Crippen LogP contribution in [0.2, 0.25) is 0 Å². The molecule has 0 spiro atoms. The van der Waals surface area contributed by atoms with E-state index in [1.54, 1.807) is 7.11 Å². The van der Waals surface area contributed by atoms with Crippen molar-refractivity contribution in [1.29, 1.82) is 0 Å². The number of ether oxygens (including phenoxy) is 1. The minimum Gasteiger partial charge on any atom is -0.497 e. The van der Waals surface area contributed by atoms with Gasteiger partial charge in [0.25, 0.3) is 5.56 Å². The van der Waals surface area contributed by atoms with Crippen LogP contribution in [-0.4, -0.2) is 41.6 Å². The molecule has 1 N–H and O–H groups in total. The average molecular weight is 368 g/mol. The molecule has 3 heterocycles. The highest BCUT2D eigenvalue weighted by Crippen LogP contribution is 2.23. The van der Waals surface area contributed by atoms with Crippen molar-refractivity contribution in [2.75, 3.05) is 31.6 Å². The van der Waals surface area contributed by atoms with Gasteiger partial charge in [-0.3, -0.25) is 14.7 Å². The monoisotopic (exact) mass is 368 g/mol. The Morgan fingerprint density at radius 2 is 2.22 bits per heavy atom. The van der Waals surface area contributed by atoms with Crippen molar-refractivity contribution in [2.45, 2.75) is 39.3 Å². The summed E-state index contributed by atoms with van der Waals surface area (Å²) in [5.41, 5.74) is 3.04. The molecular weight excluding hydrogens is 340 g/mol. The lowest BCUT2D eigenvalue weighted by Gasteiger charge is -2.33. The Morgan fingerprint density at radius 1 is 1.33 bits per heavy atom. The zero-order valence-corrected chi connectivity index (χ0v) is 16.2. The van der Waals surface area contributed by atoms with Gasteiger partial charge in [-0.1, -0.05) is 19.1 Å². The number of aromatic nitrogens is 2. The lowest BCUT2D eigenvalue weighted by Crippen LogP contribution is -2.39. The summed E-state index contributed by atoms with van der Waals surface area (Å²) in [6.07, 6.45) is 3.15. The molecule has 6 heteroatoms. The predicted octanol–water partition coefficient (Wildman–Crippen LogP) is 2.57. The fourth-order valence-electron chi connectivity index (χ4n) is 4.18. The lowest BCUT2D eigenvalue weighted by atomic mass is 10.0. The van der Waals surface area contributed by atoms with E-state index < -0.39 is 0 Å². The number of H-pyrrole nitrogens is 1. The van der Waals surface area contributed by atoms with Crippen molar-refractivity contribution in [3.8, 4) is 5.75 Å². The molecule has 1 saturated heterocycles. The van der Waals surface area contributed by atoms with E-state index >= 15 is 0 Å². The summed E-state index contributed by atoms with van der Waals surface area (Å²) in [5.74, 6) is 2.26. The Morgan fingerprint density at radius 3 is 3.04 bits per heavy atom. The number of hydrogen-bond donors (Lipinski definition) is 1. The molecule has 2 aliphatic rings. The minimum atomic E-state index is 0.0363. The molecule has 0 bridgehead atoms. The van der Waals surface area contributed by atoms with E-state index in [4.69, 9.17) is 9.72 Å². The summed E-state index contributed by atoms with van der Waals surface area (Å²) in [6.45, 7) is 6.62. The Kier molecular flexibility index (Phi) is 5.16. The number of aromatic amines is 1. The second-order valence-corrected chi connectivity index (χ2v) is 7.82. The van der Waals surface area contributed by atoms with Crippen LogP contribution in [-0.2, 0) is 19.5 Å². The number of hydrogen-bond acceptors (Lipinski definition) is 5. The number of nitrogens with one attached hydrogen (secondary N) is 1. The van der Waals surface area contributed by atoms with E-state index in [2.05, 4.69) is 33.8 Å². The van der Waals surface area contributed by atoms with Crippen molar-refractivity contribution >= 4 is 5.95 Å². The second-order valence-electron chi connectivity index (χ2n) is 7.82. The van der Waals surface area contributed by atoms with Crippen LogP contribution in [0.1, 0.15) is 36.6 Å². The third-order valence-corrected chi connectivity index (χ3v) is 5.64. The lowest BCUT2D eigenvalue weighted by molar-refractivity contribution is 0.240. The number of nitrogens with zero attached hydrogens (tertiary/aromatic N) is 3. The van der Waals surface area contributed by atoms with Crippen molar-refractivity contribution in [2.24, 2.45) is 5.92 Å². The molecule has 0 radical (unpaired) electrons. The third-order valence-electron chi connectivity index (χ3n) is 5.64. The first kappa shape index (κ1) is 18.0. The maximum atomic E-state index is 12.6. The van der Waals surface area contributed by atoms with Crippen LogP contribution in [0.4, 0.5) is 5.95 Å². The van der Waals surface area contributed by atoms with Gasteiger partial charge >= 0.3 is 0 Å². The van der Waals surface area contributed by atoms with Crippen LogP contribution in [0.25, 0.3) is 0 Å². The standard InChI is InChI=1S/C21H28N4O2/c1-15-5-4-9-25(12-15)21-22-19-14-24(10-8-18(19)20(26)23-21)13-16-6-3-7-17(11-16)27-2/h3,6-7,11,15H,4-5,8-10,12-14H2,1-2H3,(H,22,23,26)/t15-/m0/s1. The highest BCUT2D eigenvalue weighted by atomic mass is 16.5. The number of fused-ring (bicyclic) bond motifs is 1. The Bertz CT molecular complexity index is 864. The van der Waals surface area contributed by atoms with Gasteiger partial charge < -0.3 is 9.64 Å². The van der Waals surface area contributed by atoms with Gasteiger partial charge in [-0.2, -0.15) is 0 Å². The van der Waals surface area contributed by atoms with Gasteiger partial charge in [0, 0.05) is 38.3 Å². The second kappa shape index (κ2) is 7.72. The molecule has 1 fully saturated rings. The molecule has 0 saturated carbocycles. The summed E-state index contributed by atoms with van der Waals surface area (Å²) in [7, 11) is 1.69. The van der Waals surface area contributed by atoms with Gasteiger partial charge in [0.2, 0.25) is 5.95 Å². The van der Waals surface area contributed by atoms with E-state index in [9.17, 15) is 4.79 Å². The topological polar surface area (TPSA) is 61.5 Å². The molecule has 1 atom stereocenters. The molecule has 6 nitrogen and oxygen atoms in total. The molecule has 144 valence electrons. The van der Waals surface area contributed by atoms with Gasteiger partial charge in [0.05, 0.1) is 12.8 Å². The van der Waals surface area contributed by atoms with Gasteiger partial charge in [0.1, 0.15) is 5.75 Å². The maximum absolute atomic E-state index is 12.6. The largest absolute Gasteiger partial charge is 0.497 e. The molecule has 0 unspecified atom stereocenters. The van der Waals surface area contributed by atoms with Crippen LogP contribution in [0, 0.1) is 5.92 Å². The van der Waals surface area contributed by atoms with Gasteiger partial charge in [-0.05, 0) is 42.9 Å². The first-order chi connectivity index (χ1) is 13.1. The number of anilines is 1. The van der Waals surface area contributed by atoms with E-state index in [0.717, 1.165) is 62.0 Å². The van der Waals surface area contributed by atoms with E-state index in [1.807, 2.05) is 12.1 Å². The van der Waals surface area contributed by atoms with E-state index in [-0.39, 0.29) is 5.56 Å². The molecule has 2 aliphatic heterocycles. The van der Waals surface area contributed by atoms with Crippen molar-refractivity contribution in [3.63, 3.8) is 0 Å². The van der Waals surface area contributed by atoms with Crippen LogP contribution >= 0.6 is 0 Å². The first-order valence-electron chi connectivity index (χ1n) is 9.84. The van der Waals surface area contributed by atoms with Crippen LogP contribution in [0.3, 0.4) is 0 Å². The molecule has 1 aromatic carbocycles. The van der Waals surface area contributed by atoms with Gasteiger partial charge in [-0.15, -0.1) is 0 Å². The average Bonchev–Trinajstić information content (AvgIpc) is 2.68. The molecule has 4 rings (SSSR count). The van der Waals surface area contributed by atoms with Crippen molar-refractivity contribution in [1.82, 2.24) is 14.9 Å². The quantitative estimate of drug-likeness (QED) is 0.899. The minimum absolute atomic E-state index is 0.0363. The van der Waals surface area contributed by atoms with Crippen LogP contribution < -0.4 is 15.2 Å². The highest BCUT2D eigenvalue weighted by Gasteiger charge is 2.24. The zero-order chi connectivity index (χ0) is 18.8. The summed E-state index contributed by atoms with van der Waals surface area (Å²) in [6, 6.07) is 8.16. The third kappa shape index (κ3) is 4.00.